The van der Waals surface area contributed by atoms with Crippen LogP contribution in [0.4, 0.5) is 11.4 Å². The van der Waals surface area contributed by atoms with Crippen molar-refractivity contribution in [3.63, 3.8) is 0 Å². The number of hydrogen-bond donors (Lipinski definition) is 1. The number of anilines is 2. The summed E-state index contributed by atoms with van der Waals surface area (Å²) in [6.07, 6.45) is 0.476. The molecule has 164 valence electrons. The first kappa shape index (κ1) is 22.9. The summed E-state index contributed by atoms with van der Waals surface area (Å²) in [4.78, 5) is 27.9. The second kappa shape index (κ2) is 10.1. The zero-order valence-electron chi connectivity index (χ0n) is 17.2. The van der Waals surface area contributed by atoms with Gasteiger partial charge in [0.25, 0.3) is 5.91 Å². The van der Waals surface area contributed by atoms with Gasteiger partial charge in [-0.15, -0.1) is 0 Å². The van der Waals surface area contributed by atoms with E-state index in [0.717, 1.165) is 5.56 Å². The van der Waals surface area contributed by atoms with Gasteiger partial charge in [0.05, 0.1) is 15.3 Å². The number of rotatable bonds is 5. The fourth-order valence-corrected chi connectivity index (χ4v) is 5.00. The number of halogens is 2. The molecule has 0 aromatic heterocycles. The minimum Gasteiger partial charge on any atom is -0.321 e. The molecule has 1 N–H and O–H groups in total. The smallest absolute Gasteiger partial charge is 0.269 e. The maximum absolute atomic E-state index is 13.4. The standard InChI is InChI=1S/C25H17Cl2N3O2S/c26-20-12-11-17(14-21(20)27)29-23(31)19(15-28)25-30(18-9-5-2-6-10-18)24(32)22(33-25)13-16-7-3-1-4-8-16/h1-12,14,22H,13H2,(H,29,31). The SMILES string of the molecule is N#CC(C(=O)Nc1ccc(Cl)c(Cl)c1)=C1SC(Cc2ccccc2)C(=O)N1c1ccccc1. The second-order valence-electron chi connectivity index (χ2n) is 7.18. The zero-order chi connectivity index (χ0) is 23.4. The number of thioether (sulfide) groups is 1. The van der Waals surface area contributed by atoms with Crippen molar-refractivity contribution >= 4 is 58.2 Å². The lowest BCUT2D eigenvalue weighted by Crippen LogP contribution is -2.30. The van der Waals surface area contributed by atoms with Gasteiger partial charge in [-0.05, 0) is 42.3 Å². The summed E-state index contributed by atoms with van der Waals surface area (Å²) in [5.74, 6) is -0.812. The van der Waals surface area contributed by atoms with Crippen LogP contribution in [0.1, 0.15) is 5.56 Å². The average Bonchev–Trinajstić information content (AvgIpc) is 3.13. The van der Waals surface area contributed by atoms with Crippen LogP contribution in [0.25, 0.3) is 0 Å². The van der Waals surface area contributed by atoms with Crippen LogP contribution in [-0.4, -0.2) is 17.1 Å². The molecule has 3 aromatic rings. The van der Waals surface area contributed by atoms with E-state index in [9.17, 15) is 14.9 Å². The molecule has 0 saturated carbocycles. The van der Waals surface area contributed by atoms with E-state index in [2.05, 4.69) is 5.32 Å². The van der Waals surface area contributed by atoms with Crippen LogP contribution in [0, 0.1) is 11.3 Å². The van der Waals surface area contributed by atoms with Crippen molar-refractivity contribution in [1.82, 2.24) is 0 Å². The summed E-state index contributed by atoms with van der Waals surface area (Å²) in [7, 11) is 0. The Morgan fingerprint density at radius 2 is 1.67 bits per heavy atom. The minimum absolute atomic E-state index is 0.154. The number of amides is 2. The Morgan fingerprint density at radius 1 is 1.00 bits per heavy atom. The van der Waals surface area contributed by atoms with Crippen LogP contribution in [0.5, 0.6) is 0 Å². The molecule has 1 aliphatic rings. The molecule has 0 bridgehead atoms. The number of carbonyl (C=O) groups is 2. The van der Waals surface area contributed by atoms with Gasteiger partial charge in [0.15, 0.2) is 0 Å². The highest BCUT2D eigenvalue weighted by Crippen LogP contribution is 2.42. The predicted molar refractivity (Wildman–Crippen MR) is 133 cm³/mol. The molecule has 2 amide bonds. The van der Waals surface area contributed by atoms with Crippen molar-refractivity contribution in [3.8, 4) is 6.07 Å². The lowest BCUT2D eigenvalue weighted by Gasteiger charge is -2.18. The van der Waals surface area contributed by atoms with Gasteiger partial charge in [0, 0.05) is 11.4 Å². The topological polar surface area (TPSA) is 73.2 Å². The van der Waals surface area contributed by atoms with E-state index in [1.165, 1.54) is 22.7 Å². The lowest BCUT2D eigenvalue weighted by atomic mass is 10.1. The van der Waals surface area contributed by atoms with E-state index >= 15 is 0 Å². The van der Waals surface area contributed by atoms with E-state index in [1.54, 1.807) is 36.4 Å². The molecule has 1 heterocycles. The van der Waals surface area contributed by atoms with Crippen LogP contribution < -0.4 is 10.2 Å². The number of para-hydroxylation sites is 1. The third-order valence-corrected chi connectivity index (χ3v) is 6.96. The van der Waals surface area contributed by atoms with Crippen LogP contribution in [0.2, 0.25) is 10.0 Å². The number of nitrogens with zero attached hydrogens (tertiary/aromatic N) is 2. The molecule has 0 radical (unpaired) electrons. The van der Waals surface area contributed by atoms with Gasteiger partial charge in [-0.25, -0.2) is 0 Å². The van der Waals surface area contributed by atoms with Gasteiger partial charge >= 0.3 is 0 Å². The third kappa shape index (κ3) is 5.07. The number of nitriles is 1. The van der Waals surface area contributed by atoms with Crippen molar-refractivity contribution in [2.45, 2.75) is 11.7 Å². The van der Waals surface area contributed by atoms with Crippen molar-refractivity contribution in [3.05, 3.63) is 105 Å². The molecule has 5 nitrogen and oxygen atoms in total. The van der Waals surface area contributed by atoms with E-state index in [1.807, 2.05) is 42.5 Å². The minimum atomic E-state index is -0.632. The quantitative estimate of drug-likeness (QED) is 0.346. The molecule has 33 heavy (non-hydrogen) atoms. The average molecular weight is 494 g/mol. The first-order chi connectivity index (χ1) is 16.0. The highest BCUT2D eigenvalue weighted by Gasteiger charge is 2.40. The van der Waals surface area contributed by atoms with Crippen molar-refractivity contribution < 1.29 is 9.59 Å². The van der Waals surface area contributed by atoms with Gasteiger partial charge in [0.1, 0.15) is 16.7 Å². The fourth-order valence-electron chi connectivity index (χ4n) is 3.39. The van der Waals surface area contributed by atoms with Crippen LogP contribution in [0.3, 0.4) is 0 Å². The van der Waals surface area contributed by atoms with Crippen LogP contribution >= 0.6 is 35.0 Å². The van der Waals surface area contributed by atoms with Gasteiger partial charge in [0.2, 0.25) is 5.91 Å². The van der Waals surface area contributed by atoms with E-state index < -0.39 is 11.2 Å². The first-order valence-corrected chi connectivity index (χ1v) is 11.6. The van der Waals surface area contributed by atoms with E-state index in [-0.39, 0.29) is 16.5 Å². The Bertz CT molecular complexity index is 1270. The van der Waals surface area contributed by atoms with Gasteiger partial charge < -0.3 is 5.32 Å². The fraction of sp³-hybridized carbons (Fsp3) is 0.0800. The zero-order valence-corrected chi connectivity index (χ0v) is 19.5. The molecule has 0 spiro atoms. The number of benzene rings is 3. The van der Waals surface area contributed by atoms with Crippen LogP contribution in [0.15, 0.2) is 89.5 Å². The lowest BCUT2D eigenvalue weighted by molar-refractivity contribution is -0.117. The molecule has 1 aliphatic heterocycles. The molecule has 4 rings (SSSR count). The highest BCUT2D eigenvalue weighted by molar-refractivity contribution is 8.05. The van der Waals surface area contributed by atoms with Crippen molar-refractivity contribution in [2.24, 2.45) is 0 Å². The normalized spacial score (nSPS) is 16.9. The monoisotopic (exact) mass is 493 g/mol. The molecule has 8 heteroatoms. The molecule has 1 fully saturated rings. The largest absolute Gasteiger partial charge is 0.321 e. The maximum Gasteiger partial charge on any atom is 0.269 e. The summed E-state index contributed by atoms with van der Waals surface area (Å²) in [5, 5.41) is 13.0. The molecular weight excluding hydrogens is 477 g/mol. The Labute approximate surface area is 205 Å². The van der Waals surface area contributed by atoms with Crippen molar-refractivity contribution in [1.29, 1.82) is 5.26 Å². The number of hydrogen-bond acceptors (Lipinski definition) is 4. The summed E-state index contributed by atoms with van der Waals surface area (Å²) >= 11 is 13.2. The molecule has 1 atom stereocenters. The van der Waals surface area contributed by atoms with Gasteiger partial charge in [-0.1, -0.05) is 83.5 Å². The van der Waals surface area contributed by atoms with Gasteiger partial charge in [-0.3, -0.25) is 14.5 Å². The summed E-state index contributed by atoms with van der Waals surface area (Å²) in [6, 6.07) is 25.3. The Kier molecular flexibility index (Phi) is 7.05. The second-order valence-corrected chi connectivity index (χ2v) is 9.19. The van der Waals surface area contributed by atoms with Crippen molar-refractivity contribution in [2.75, 3.05) is 10.2 Å². The van der Waals surface area contributed by atoms with Crippen LogP contribution in [-0.2, 0) is 16.0 Å². The van der Waals surface area contributed by atoms with E-state index in [4.69, 9.17) is 23.2 Å². The first-order valence-electron chi connectivity index (χ1n) is 9.98. The summed E-state index contributed by atoms with van der Waals surface area (Å²) in [5.41, 5.74) is 1.83. The Balaban J connectivity index is 1.71. The van der Waals surface area contributed by atoms with Gasteiger partial charge in [-0.2, -0.15) is 5.26 Å². The summed E-state index contributed by atoms with van der Waals surface area (Å²) in [6.45, 7) is 0. The Hall–Kier alpha value is -3.24. The Morgan fingerprint density at radius 3 is 2.30 bits per heavy atom. The van der Waals surface area contributed by atoms with E-state index in [0.29, 0.717) is 27.8 Å². The molecular formula is C25H17Cl2N3O2S. The third-order valence-electron chi connectivity index (χ3n) is 4.96. The molecule has 1 saturated heterocycles. The molecule has 0 aliphatic carbocycles. The number of carbonyl (C=O) groups excluding carboxylic acids is 2. The highest BCUT2D eigenvalue weighted by atomic mass is 35.5. The maximum atomic E-state index is 13.4. The molecule has 1 unspecified atom stereocenters. The molecule has 3 aromatic carbocycles. The summed E-state index contributed by atoms with van der Waals surface area (Å²) < 4.78 is 0. The number of nitrogens with one attached hydrogen (secondary N) is 1. The predicted octanol–water partition coefficient (Wildman–Crippen LogP) is 6.06.